The fraction of sp³-hybridized carbons (Fsp3) is 0.273. The summed E-state index contributed by atoms with van der Waals surface area (Å²) in [6.45, 7) is 2.24. The Morgan fingerprint density at radius 3 is 2.87 bits per heavy atom. The van der Waals surface area contributed by atoms with E-state index in [0.29, 0.717) is 24.2 Å². The molecule has 0 N–H and O–H groups in total. The van der Waals surface area contributed by atoms with Crippen molar-refractivity contribution < 1.29 is 9.59 Å². The number of carbonyl (C=O) groups excluding carboxylic acids is 2. The number of aryl methyl sites for hydroxylation is 1. The van der Waals surface area contributed by atoms with Crippen LogP contribution in [-0.2, 0) is 0 Å². The van der Waals surface area contributed by atoms with Crippen LogP contribution in [0.1, 0.15) is 22.3 Å². The highest BCUT2D eigenvalue weighted by molar-refractivity contribution is 6.66. The highest BCUT2D eigenvalue weighted by Crippen LogP contribution is 2.31. The van der Waals surface area contributed by atoms with Gasteiger partial charge in [0.15, 0.2) is 5.78 Å². The van der Waals surface area contributed by atoms with Crippen molar-refractivity contribution in [3.05, 3.63) is 29.3 Å². The van der Waals surface area contributed by atoms with Gasteiger partial charge in [-0.25, -0.2) is 0 Å². The molecule has 1 aliphatic rings. The van der Waals surface area contributed by atoms with Gasteiger partial charge in [-0.05, 0) is 30.2 Å². The number of hydrogen-bond acceptors (Lipinski definition) is 2. The van der Waals surface area contributed by atoms with Crippen LogP contribution in [0.4, 0.5) is 10.5 Å². The first kappa shape index (κ1) is 10.2. The number of carbonyl (C=O) groups is 2. The molecule has 1 amide bonds. The monoisotopic (exact) mass is 223 g/mol. The highest BCUT2D eigenvalue weighted by atomic mass is 35.5. The number of halogens is 1. The molecule has 0 aliphatic carbocycles. The minimum Gasteiger partial charge on any atom is -0.297 e. The zero-order valence-electron chi connectivity index (χ0n) is 8.29. The number of ketones is 1. The summed E-state index contributed by atoms with van der Waals surface area (Å²) < 4.78 is 0. The van der Waals surface area contributed by atoms with Crippen molar-refractivity contribution in [2.24, 2.45) is 0 Å². The van der Waals surface area contributed by atoms with Gasteiger partial charge in [0.2, 0.25) is 0 Å². The molecule has 2 rings (SSSR count). The van der Waals surface area contributed by atoms with E-state index in [1.165, 1.54) is 4.90 Å². The van der Waals surface area contributed by atoms with Crippen LogP contribution in [0.5, 0.6) is 0 Å². The van der Waals surface area contributed by atoms with Gasteiger partial charge in [0, 0.05) is 18.5 Å². The van der Waals surface area contributed by atoms with E-state index in [-0.39, 0.29) is 5.78 Å². The third-order valence-corrected chi connectivity index (χ3v) is 2.79. The molecular weight excluding hydrogens is 214 g/mol. The van der Waals surface area contributed by atoms with Crippen LogP contribution in [-0.4, -0.2) is 17.7 Å². The molecule has 3 nitrogen and oxygen atoms in total. The van der Waals surface area contributed by atoms with Gasteiger partial charge in [0.05, 0.1) is 5.69 Å². The third-order valence-electron chi connectivity index (χ3n) is 2.58. The van der Waals surface area contributed by atoms with Crippen LogP contribution >= 0.6 is 11.6 Å². The number of para-hydroxylation sites is 1. The lowest BCUT2D eigenvalue weighted by molar-refractivity contribution is 0.0981. The average molecular weight is 224 g/mol. The standard InChI is InChI=1S/C11H10ClNO2/c1-7-3-2-4-8-9(14)5-6-13(10(7)8)11(12)15/h2-4H,5-6H2,1H3. The molecule has 0 atom stereocenters. The quantitative estimate of drug-likeness (QED) is 0.501. The van der Waals surface area contributed by atoms with E-state index < -0.39 is 5.37 Å². The maximum atomic E-state index is 11.6. The molecular formula is C11H10ClNO2. The molecule has 0 saturated carbocycles. The summed E-state index contributed by atoms with van der Waals surface area (Å²) in [6.07, 6.45) is 0.342. The van der Waals surface area contributed by atoms with Crippen molar-refractivity contribution in [2.75, 3.05) is 11.4 Å². The summed E-state index contributed by atoms with van der Waals surface area (Å²) in [5.41, 5.74) is 2.15. The molecule has 0 fully saturated rings. The molecule has 0 radical (unpaired) electrons. The maximum Gasteiger partial charge on any atom is 0.320 e. The van der Waals surface area contributed by atoms with Gasteiger partial charge in [-0.3, -0.25) is 14.5 Å². The second-order valence-electron chi connectivity index (χ2n) is 3.55. The highest BCUT2D eigenvalue weighted by Gasteiger charge is 2.27. The predicted molar refractivity (Wildman–Crippen MR) is 58.7 cm³/mol. The lowest BCUT2D eigenvalue weighted by Crippen LogP contribution is -2.34. The first-order chi connectivity index (χ1) is 7.11. The van der Waals surface area contributed by atoms with Gasteiger partial charge >= 0.3 is 5.37 Å². The second-order valence-corrected chi connectivity index (χ2v) is 3.87. The Kier molecular flexibility index (Phi) is 2.49. The summed E-state index contributed by atoms with van der Waals surface area (Å²) in [6, 6.07) is 5.41. The smallest absolute Gasteiger partial charge is 0.297 e. The van der Waals surface area contributed by atoms with Crippen LogP contribution in [0, 0.1) is 6.92 Å². The molecule has 0 bridgehead atoms. The van der Waals surface area contributed by atoms with E-state index in [9.17, 15) is 9.59 Å². The molecule has 1 heterocycles. The van der Waals surface area contributed by atoms with Crippen molar-refractivity contribution >= 4 is 28.4 Å². The van der Waals surface area contributed by atoms with Crippen molar-refractivity contribution in [1.82, 2.24) is 0 Å². The predicted octanol–water partition coefficient (Wildman–Crippen LogP) is 2.75. The van der Waals surface area contributed by atoms with Crippen molar-refractivity contribution in [1.29, 1.82) is 0 Å². The van der Waals surface area contributed by atoms with Gasteiger partial charge in [-0.2, -0.15) is 0 Å². The summed E-state index contributed by atoms with van der Waals surface area (Å²) in [5.74, 6) is 0.0721. The van der Waals surface area contributed by atoms with E-state index in [2.05, 4.69) is 0 Å². The van der Waals surface area contributed by atoms with E-state index in [4.69, 9.17) is 11.6 Å². The molecule has 1 aromatic rings. The van der Waals surface area contributed by atoms with Crippen molar-refractivity contribution in [3.8, 4) is 0 Å². The number of rotatable bonds is 0. The van der Waals surface area contributed by atoms with Crippen molar-refractivity contribution in [2.45, 2.75) is 13.3 Å². The maximum absolute atomic E-state index is 11.6. The molecule has 1 aliphatic heterocycles. The number of benzene rings is 1. The summed E-state index contributed by atoms with van der Waals surface area (Å²) >= 11 is 5.48. The van der Waals surface area contributed by atoms with E-state index in [1.54, 1.807) is 6.07 Å². The Balaban J connectivity index is 2.61. The zero-order chi connectivity index (χ0) is 11.0. The molecule has 15 heavy (non-hydrogen) atoms. The van der Waals surface area contributed by atoms with E-state index in [1.807, 2.05) is 19.1 Å². The van der Waals surface area contributed by atoms with Crippen LogP contribution in [0.15, 0.2) is 18.2 Å². The van der Waals surface area contributed by atoms with Gasteiger partial charge < -0.3 is 0 Å². The molecule has 0 spiro atoms. The summed E-state index contributed by atoms with van der Waals surface area (Å²) in [7, 11) is 0. The SMILES string of the molecule is Cc1cccc2c1N(C(=O)Cl)CCC2=O. The fourth-order valence-electron chi connectivity index (χ4n) is 1.88. The zero-order valence-corrected chi connectivity index (χ0v) is 9.04. The first-order valence-corrected chi connectivity index (χ1v) is 5.09. The number of nitrogens with zero attached hydrogens (tertiary/aromatic N) is 1. The molecule has 0 saturated heterocycles. The number of amides is 1. The Labute approximate surface area is 92.6 Å². The number of Topliss-reactive ketones (excluding diaryl/α,β-unsaturated/α-hetero) is 1. The van der Waals surface area contributed by atoms with Crippen LogP contribution in [0.2, 0.25) is 0 Å². The van der Waals surface area contributed by atoms with Gasteiger partial charge in [0.25, 0.3) is 0 Å². The van der Waals surface area contributed by atoms with Crippen LogP contribution < -0.4 is 4.90 Å². The van der Waals surface area contributed by atoms with Crippen LogP contribution in [0.25, 0.3) is 0 Å². The minimum absolute atomic E-state index is 0.0721. The summed E-state index contributed by atoms with van der Waals surface area (Å²) in [4.78, 5) is 24.3. The number of fused-ring (bicyclic) bond motifs is 1. The second kappa shape index (κ2) is 3.66. The Morgan fingerprint density at radius 2 is 2.20 bits per heavy atom. The number of hydrogen-bond donors (Lipinski definition) is 0. The molecule has 78 valence electrons. The van der Waals surface area contributed by atoms with Gasteiger partial charge in [0.1, 0.15) is 0 Å². The lowest BCUT2D eigenvalue weighted by atomic mass is 9.98. The molecule has 4 heteroatoms. The Morgan fingerprint density at radius 1 is 1.47 bits per heavy atom. The third kappa shape index (κ3) is 1.63. The largest absolute Gasteiger partial charge is 0.320 e. The van der Waals surface area contributed by atoms with E-state index >= 15 is 0 Å². The fourth-order valence-corrected chi connectivity index (χ4v) is 2.05. The van der Waals surface area contributed by atoms with Crippen molar-refractivity contribution in [3.63, 3.8) is 0 Å². The topological polar surface area (TPSA) is 37.4 Å². The van der Waals surface area contributed by atoms with Gasteiger partial charge in [-0.15, -0.1) is 0 Å². The summed E-state index contributed by atoms with van der Waals surface area (Å²) in [5, 5.41) is -0.530. The lowest BCUT2D eigenvalue weighted by Gasteiger charge is -2.28. The molecule has 1 aromatic carbocycles. The Hall–Kier alpha value is -1.35. The Bertz CT molecular complexity index is 442. The minimum atomic E-state index is -0.530. The molecule has 0 aromatic heterocycles. The normalized spacial score (nSPS) is 15.1. The molecule has 0 unspecified atom stereocenters. The van der Waals surface area contributed by atoms with E-state index in [0.717, 1.165) is 5.56 Å². The number of anilines is 1. The van der Waals surface area contributed by atoms with Gasteiger partial charge in [-0.1, -0.05) is 12.1 Å². The average Bonchev–Trinajstić information content (AvgIpc) is 2.19. The van der Waals surface area contributed by atoms with Crippen LogP contribution in [0.3, 0.4) is 0 Å². The first-order valence-electron chi connectivity index (χ1n) is 4.71.